The number of fused-ring (bicyclic) bond motifs is 1. The molecule has 2 aromatic heterocycles. The number of aromatic nitrogens is 2. The second-order valence-electron chi connectivity index (χ2n) is 2.63. The summed E-state index contributed by atoms with van der Waals surface area (Å²) >= 11 is 0. The van der Waals surface area contributed by atoms with E-state index in [0.717, 1.165) is 5.39 Å². The predicted octanol–water partition coefficient (Wildman–Crippen LogP) is 1.64. The third-order valence-corrected chi connectivity index (χ3v) is 1.80. The summed E-state index contributed by atoms with van der Waals surface area (Å²) in [5, 5.41) is 10.4. The minimum absolute atomic E-state index is 0.174. The van der Waals surface area contributed by atoms with Crippen LogP contribution in [0.1, 0.15) is 5.69 Å². The van der Waals surface area contributed by atoms with E-state index in [1.54, 1.807) is 19.3 Å². The van der Waals surface area contributed by atoms with Crippen LogP contribution in [0.4, 0.5) is 0 Å². The number of pyridine rings is 2. The average molecular weight is 160 g/mol. The van der Waals surface area contributed by atoms with Gasteiger partial charge in [-0.25, -0.2) is 0 Å². The van der Waals surface area contributed by atoms with Gasteiger partial charge in [-0.2, -0.15) is 0 Å². The van der Waals surface area contributed by atoms with Gasteiger partial charge in [-0.15, -0.1) is 0 Å². The van der Waals surface area contributed by atoms with Gasteiger partial charge in [-0.1, -0.05) is 0 Å². The summed E-state index contributed by atoms with van der Waals surface area (Å²) in [5.74, 6) is 0.174. The van der Waals surface area contributed by atoms with Gasteiger partial charge in [0.2, 0.25) is 0 Å². The molecule has 3 nitrogen and oxygen atoms in total. The van der Waals surface area contributed by atoms with Crippen molar-refractivity contribution in [2.75, 3.05) is 0 Å². The fraction of sp³-hybridized carbons (Fsp3) is 0.111. The van der Waals surface area contributed by atoms with Gasteiger partial charge in [0.1, 0.15) is 5.52 Å². The number of aromatic hydroxyl groups is 1. The Morgan fingerprint density at radius 2 is 2.17 bits per heavy atom. The molecule has 0 aliphatic heterocycles. The van der Waals surface area contributed by atoms with Crippen LogP contribution in [0.5, 0.6) is 5.75 Å². The molecule has 60 valence electrons. The molecule has 0 aliphatic carbocycles. The minimum Gasteiger partial charge on any atom is -0.504 e. The van der Waals surface area contributed by atoms with Crippen molar-refractivity contribution in [3.05, 3.63) is 30.2 Å². The highest BCUT2D eigenvalue weighted by Crippen LogP contribution is 2.23. The van der Waals surface area contributed by atoms with Crippen LogP contribution in [0.25, 0.3) is 10.9 Å². The molecule has 2 aromatic rings. The van der Waals surface area contributed by atoms with Crippen LogP contribution in [-0.4, -0.2) is 15.1 Å². The topological polar surface area (TPSA) is 46.0 Å². The van der Waals surface area contributed by atoms with Crippen LogP contribution in [0.3, 0.4) is 0 Å². The molecular weight excluding hydrogens is 152 g/mol. The summed E-state index contributed by atoms with van der Waals surface area (Å²) in [7, 11) is 0. The van der Waals surface area contributed by atoms with Gasteiger partial charge in [0.25, 0.3) is 0 Å². The van der Waals surface area contributed by atoms with Gasteiger partial charge in [0, 0.05) is 17.8 Å². The molecule has 2 heterocycles. The molecule has 12 heavy (non-hydrogen) atoms. The van der Waals surface area contributed by atoms with Crippen LogP contribution in [-0.2, 0) is 0 Å². The maximum absolute atomic E-state index is 9.53. The summed E-state index contributed by atoms with van der Waals surface area (Å²) in [5.41, 5.74) is 1.23. The van der Waals surface area contributed by atoms with Crippen molar-refractivity contribution in [1.82, 2.24) is 9.97 Å². The predicted molar refractivity (Wildman–Crippen MR) is 45.9 cm³/mol. The Morgan fingerprint density at radius 3 is 3.00 bits per heavy atom. The van der Waals surface area contributed by atoms with Gasteiger partial charge in [-0.3, -0.25) is 9.97 Å². The maximum Gasteiger partial charge on any atom is 0.163 e. The molecule has 3 heteroatoms. The van der Waals surface area contributed by atoms with E-state index >= 15 is 0 Å². The number of rotatable bonds is 0. The Hall–Kier alpha value is -1.64. The molecule has 1 N–H and O–H groups in total. The van der Waals surface area contributed by atoms with Crippen LogP contribution >= 0.6 is 0 Å². The van der Waals surface area contributed by atoms with Crippen molar-refractivity contribution in [1.29, 1.82) is 0 Å². The van der Waals surface area contributed by atoms with E-state index < -0.39 is 0 Å². The monoisotopic (exact) mass is 160 g/mol. The standard InChI is InChI=1S/C9H8N2O/c1-6-9(12)8-7(5-11-6)3-2-4-10-8/h2-5,12H,1H3. The van der Waals surface area contributed by atoms with Crippen LogP contribution < -0.4 is 0 Å². The molecule has 0 amide bonds. The molecule has 0 fully saturated rings. The van der Waals surface area contributed by atoms with Crippen molar-refractivity contribution < 1.29 is 5.11 Å². The Bertz CT molecular complexity index is 426. The third kappa shape index (κ3) is 0.906. The first-order chi connectivity index (χ1) is 5.79. The zero-order valence-corrected chi connectivity index (χ0v) is 6.65. The maximum atomic E-state index is 9.53. The molecule has 0 bridgehead atoms. The molecule has 0 atom stereocenters. The summed E-state index contributed by atoms with van der Waals surface area (Å²) in [4.78, 5) is 8.07. The summed E-state index contributed by atoms with van der Waals surface area (Å²) in [6, 6.07) is 3.69. The van der Waals surface area contributed by atoms with Crippen molar-refractivity contribution in [3.63, 3.8) is 0 Å². The lowest BCUT2D eigenvalue weighted by molar-refractivity contribution is 0.473. The third-order valence-electron chi connectivity index (χ3n) is 1.80. The molecule has 0 radical (unpaired) electrons. The molecule has 0 saturated heterocycles. The molecule has 0 aliphatic rings. The second-order valence-corrected chi connectivity index (χ2v) is 2.63. The van der Waals surface area contributed by atoms with Crippen LogP contribution in [0, 0.1) is 6.92 Å². The van der Waals surface area contributed by atoms with Gasteiger partial charge in [-0.05, 0) is 19.1 Å². The van der Waals surface area contributed by atoms with Crippen molar-refractivity contribution >= 4 is 10.9 Å². The first kappa shape index (κ1) is 7.03. The Kier molecular flexibility index (Phi) is 1.43. The van der Waals surface area contributed by atoms with Crippen molar-refractivity contribution in [2.45, 2.75) is 6.92 Å². The van der Waals surface area contributed by atoms with E-state index in [1.165, 1.54) is 0 Å². The Morgan fingerprint density at radius 1 is 1.33 bits per heavy atom. The van der Waals surface area contributed by atoms with Gasteiger partial charge < -0.3 is 5.11 Å². The normalized spacial score (nSPS) is 10.4. The second kappa shape index (κ2) is 2.44. The summed E-state index contributed by atoms with van der Waals surface area (Å²) in [6.45, 7) is 1.75. The smallest absolute Gasteiger partial charge is 0.163 e. The number of hydrogen-bond acceptors (Lipinski definition) is 3. The number of nitrogens with zero attached hydrogens (tertiary/aromatic N) is 2. The van der Waals surface area contributed by atoms with Gasteiger partial charge in [0.05, 0.1) is 5.69 Å². The van der Waals surface area contributed by atoms with E-state index in [-0.39, 0.29) is 5.75 Å². The lowest BCUT2D eigenvalue weighted by Gasteiger charge is -2.00. The van der Waals surface area contributed by atoms with E-state index in [0.29, 0.717) is 11.2 Å². The molecular formula is C9H8N2O. The molecule has 0 spiro atoms. The SMILES string of the molecule is Cc1ncc2cccnc2c1O. The van der Waals surface area contributed by atoms with Crippen LogP contribution in [0.2, 0.25) is 0 Å². The van der Waals surface area contributed by atoms with Gasteiger partial charge in [0.15, 0.2) is 5.75 Å². The van der Waals surface area contributed by atoms with E-state index in [1.807, 2.05) is 12.1 Å². The van der Waals surface area contributed by atoms with Crippen LogP contribution in [0.15, 0.2) is 24.5 Å². The van der Waals surface area contributed by atoms with E-state index in [4.69, 9.17) is 0 Å². The first-order valence-corrected chi connectivity index (χ1v) is 3.68. The van der Waals surface area contributed by atoms with E-state index in [9.17, 15) is 5.11 Å². The fourth-order valence-electron chi connectivity index (χ4n) is 1.12. The molecule has 0 unspecified atom stereocenters. The largest absolute Gasteiger partial charge is 0.504 e. The highest BCUT2D eigenvalue weighted by Gasteiger charge is 2.03. The quantitative estimate of drug-likeness (QED) is 0.637. The van der Waals surface area contributed by atoms with E-state index in [2.05, 4.69) is 9.97 Å². The highest BCUT2D eigenvalue weighted by molar-refractivity contribution is 5.83. The lowest BCUT2D eigenvalue weighted by atomic mass is 10.2. The van der Waals surface area contributed by atoms with Crippen molar-refractivity contribution in [2.24, 2.45) is 0 Å². The average Bonchev–Trinajstić information content (AvgIpc) is 2.12. The summed E-state index contributed by atoms with van der Waals surface area (Å²) in [6.07, 6.45) is 3.36. The number of aryl methyl sites for hydroxylation is 1. The molecule has 2 rings (SSSR count). The minimum atomic E-state index is 0.174. The zero-order chi connectivity index (χ0) is 8.55. The first-order valence-electron chi connectivity index (χ1n) is 3.68. The highest BCUT2D eigenvalue weighted by atomic mass is 16.3. The lowest BCUT2D eigenvalue weighted by Crippen LogP contribution is -1.85. The summed E-state index contributed by atoms with van der Waals surface area (Å²) < 4.78 is 0. The van der Waals surface area contributed by atoms with Crippen molar-refractivity contribution in [3.8, 4) is 5.75 Å². The Balaban J connectivity index is 2.91. The number of hydrogen-bond donors (Lipinski definition) is 1. The molecule has 0 saturated carbocycles. The zero-order valence-electron chi connectivity index (χ0n) is 6.65. The Labute approximate surface area is 69.7 Å². The van der Waals surface area contributed by atoms with Gasteiger partial charge >= 0.3 is 0 Å². The fourth-order valence-corrected chi connectivity index (χ4v) is 1.12. The molecule has 0 aromatic carbocycles.